The first-order valence-electron chi connectivity index (χ1n) is 17.0. The lowest BCUT2D eigenvalue weighted by Gasteiger charge is -2.28. The molecule has 2 aromatic carbocycles. The fourth-order valence-corrected chi connectivity index (χ4v) is 8.46. The molecule has 2 amide bonds. The van der Waals surface area contributed by atoms with E-state index in [0.29, 0.717) is 4.90 Å². The summed E-state index contributed by atoms with van der Waals surface area (Å²) in [5.74, 6) is -1.59. The molecule has 0 saturated carbocycles. The number of imide groups is 1. The number of thioether (sulfide) groups is 1. The van der Waals surface area contributed by atoms with Crippen molar-refractivity contribution in [3.8, 4) is 5.75 Å². The van der Waals surface area contributed by atoms with Gasteiger partial charge in [-0.1, -0.05) is 37.3 Å². The molecule has 54 heavy (non-hydrogen) atoms. The summed E-state index contributed by atoms with van der Waals surface area (Å²) >= 11 is 3.15. The number of hydrogen-bond donors (Lipinski definition) is 1. The highest BCUT2D eigenvalue weighted by Gasteiger charge is 2.45. The standard InChI is InChI=1S/C36H45FIN4O10PS/c1-22-27(21-49-53(47,52-26-16-14-25(38)15-17-26)40-23(2)31(43)48-20-24-12-10-9-11-13-24)54-30(29(22)37)41-19-18-28(39-32(41)44)42(33(45)50-35(3,4)5)34(46)51-36(6,7)8/h9-19,22-23,27,29-30H,20-21H2,1-8H3,(H,40,47)/t22-,23+,27-,29+,30-,53?/m1/s1. The van der Waals surface area contributed by atoms with Gasteiger partial charge >= 0.3 is 31.6 Å². The fraction of sp³-hybridized carbons (Fsp3) is 0.472. The number of rotatable bonds is 12. The van der Waals surface area contributed by atoms with Crippen LogP contribution in [0.15, 0.2) is 71.7 Å². The molecule has 1 fully saturated rings. The summed E-state index contributed by atoms with van der Waals surface area (Å²) in [6, 6.07) is 15.8. The molecular weight excluding hydrogens is 857 g/mol. The zero-order valence-electron chi connectivity index (χ0n) is 31.2. The molecule has 1 unspecified atom stereocenters. The van der Waals surface area contributed by atoms with E-state index in [4.69, 9.17) is 23.3 Å². The van der Waals surface area contributed by atoms with Crippen molar-refractivity contribution in [2.24, 2.45) is 5.92 Å². The van der Waals surface area contributed by atoms with E-state index in [1.54, 1.807) is 84.9 Å². The number of aromatic nitrogens is 2. The van der Waals surface area contributed by atoms with Gasteiger partial charge in [-0.05, 0) is 107 Å². The first kappa shape index (κ1) is 43.2. The molecule has 1 aliphatic rings. The normalized spacial score (nSPS) is 20.3. The van der Waals surface area contributed by atoms with Crippen LogP contribution in [0.1, 0.15) is 66.3 Å². The number of nitrogens with zero attached hydrogens (tertiary/aromatic N) is 3. The van der Waals surface area contributed by atoms with Crippen LogP contribution in [0, 0.1) is 9.49 Å². The summed E-state index contributed by atoms with van der Waals surface area (Å²) in [6.45, 7) is 12.4. The van der Waals surface area contributed by atoms with E-state index in [-0.39, 0.29) is 24.8 Å². The number of hydrogen-bond acceptors (Lipinski definition) is 12. The Morgan fingerprint density at radius 1 is 1.00 bits per heavy atom. The maximum atomic E-state index is 15.9. The van der Waals surface area contributed by atoms with Crippen LogP contribution in [0.25, 0.3) is 0 Å². The van der Waals surface area contributed by atoms with Gasteiger partial charge in [0.2, 0.25) is 0 Å². The summed E-state index contributed by atoms with van der Waals surface area (Å²) in [6.07, 6.45) is -2.61. The van der Waals surface area contributed by atoms with Gasteiger partial charge in [-0.2, -0.15) is 15.0 Å². The second kappa shape index (κ2) is 18.0. The van der Waals surface area contributed by atoms with Crippen molar-refractivity contribution in [2.75, 3.05) is 11.5 Å². The van der Waals surface area contributed by atoms with Crippen molar-refractivity contribution < 1.29 is 46.6 Å². The number of esters is 1. The number of carbonyl (C=O) groups is 3. The van der Waals surface area contributed by atoms with E-state index < -0.39 is 71.5 Å². The van der Waals surface area contributed by atoms with Gasteiger partial charge in [-0.15, -0.1) is 11.8 Å². The molecule has 2 heterocycles. The van der Waals surface area contributed by atoms with E-state index in [9.17, 15) is 23.7 Å². The van der Waals surface area contributed by atoms with Gasteiger partial charge in [0.15, 0.2) is 5.82 Å². The van der Waals surface area contributed by atoms with Gasteiger partial charge in [0, 0.05) is 20.9 Å². The van der Waals surface area contributed by atoms with Crippen LogP contribution in [-0.4, -0.2) is 63.0 Å². The van der Waals surface area contributed by atoms with Crippen molar-refractivity contribution in [1.29, 1.82) is 0 Å². The molecule has 18 heteroatoms. The zero-order chi connectivity index (χ0) is 40.0. The number of halogens is 2. The third-order valence-corrected chi connectivity index (χ3v) is 11.6. The van der Waals surface area contributed by atoms with Gasteiger partial charge in [0.1, 0.15) is 41.1 Å². The van der Waals surface area contributed by atoms with Crippen LogP contribution >= 0.6 is 42.1 Å². The minimum Gasteiger partial charge on any atom is -0.460 e. The average Bonchev–Trinajstić information content (AvgIpc) is 3.35. The third-order valence-electron chi connectivity index (χ3n) is 7.52. The second-order valence-corrected chi connectivity index (χ2v) is 18.7. The molecule has 1 N–H and O–H groups in total. The summed E-state index contributed by atoms with van der Waals surface area (Å²) in [5, 5.41) is 0.896. The Hall–Kier alpha value is -3.51. The third kappa shape index (κ3) is 12.2. The number of benzene rings is 2. The zero-order valence-corrected chi connectivity index (χ0v) is 35.1. The van der Waals surface area contributed by atoms with Crippen molar-refractivity contribution in [3.05, 3.63) is 86.5 Å². The van der Waals surface area contributed by atoms with Crippen LogP contribution in [0.4, 0.5) is 19.8 Å². The monoisotopic (exact) mass is 902 g/mol. The molecule has 4 rings (SSSR count). The molecular formula is C36H45FIN4O10PS. The minimum atomic E-state index is -4.29. The molecule has 1 aliphatic heterocycles. The molecule has 0 bridgehead atoms. The summed E-state index contributed by atoms with van der Waals surface area (Å²) in [7, 11) is -4.29. The van der Waals surface area contributed by atoms with E-state index in [0.717, 1.165) is 25.5 Å². The second-order valence-electron chi connectivity index (χ2n) is 14.4. The van der Waals surface area contributed by atoms with E-state index in [1.807, 2.05) is 18.2 Å². The van der Waals surface area contributed by atoms with Crippen molar-refractivity contribution in [2.45, 2.75) is 96.0 Å². The first-order chi connectivity index (χ1) is 25.1. The van der Waals surface area contributed by atoms with Gasteiger partial charge in [0.25, 0.3) is 0 Å². The van der Waals surface area contributed by atoms with E-state index >= 15 is 4.39 Å². The number of nitrogens with one attached hydrogen (secondary N) is 1. The molecule has 1 aromatic heterocycles. The van der Waals surface area contributed by atoms with Crippen LogP contribution in [0.5, 0.6) is 5.75 Å². The predicted octanol–water partition coefficient (Wildman–Crippen LogP) is 8.04. The highest BCUT2D eigenvalue weighted by molar-refractivity contribution is 14.1. The van der Waals surface area contributed by atoms with Gasteiger partial charge in [0.05, 0.1) is 6.61 Å². The predicted molar refractivity (Wildman–Crippen MR) is 210 cm³/mol. The SMILES string of the molecule is C[C@H]1[C@H](F)[C@H](n2ccc(N(C(=O)OC(C)(C)C)C(=O)OC(C)(C)C)nc2=O)S[C@@H]1COP(=O)(N[C@@H](C)C(=O)OCc1ccccc1)Oc1ccc(I)cc1. The lowest BCUT2D eigenvalue weighted by atomic mass is 10.0. The summed E-state index contributed by atoms with van der Waals surface area (Å²) < 4.78 is 59.8. The Bertz CT molecular complexity index is 1860. The largest absolute Gasteiger partial charge is 0.460 e. The Labute approximate surface area is 331 Å². The van der Waals surface area contributed by atoms with Crippen LogP contribution in [-0.2, 0) is 34.7 Å². The smallest absolute Gasteiger partial charge is 0.459 e. The van der Waals surface area contributed by atoms with Crippen LogP contribution in [0.3, 0.4) is 0 Å². The first-order valence-corrected chi connectivity index (χ1v) is 20.5. The van der Waals surface area contributed by atoms with E-state index in [1.165, 1.54) is 19.2 Å². The molecule has 3 aromatic rings. The lowest BCUT2D eigenvalue weighted by molar-refractivity contribution is -0.146. The average molecular weight is 903 g/mol. The highest BCUT2D eigenvalue weighted by atomic mass is 127. The van der Waals surface area contributed by atoms with Crippen LogP contribution < -0.4 is 20.2 Å². The number of ether oxygens (including phenoxy) is 3. The van der Waals surface area contributed by atoms with Gasteiger partial charge in [-0.3, -0.25) is 13.9 Å². The van der Waals surface area contributed by atoms with Crippen LogP contribution in [0.2, 0.25) is 0 Å². The van der Waals surface area contributed by atoms with Crippen molar-refractivity contribution in [1.82, 2.24) is 14.6 Å². The Kier molecular flexibility index (Phi) is 14.4. The molecule has 0 radical (unpaired) electrons. The maximum Gasteiger partial charge on any atom is 0.459 e. The number of carbonyl (C=O) groups excluding carboxylic acids is 3. The molecule has 0 spiro atoms. The Morgan fingerprint density at radius 3 is 2.15 bits per heavy atom. The quantitative estimate of drug-likeness (QED) is 0.0805. The van der Waals surface area contributed by atoms with E-state index in [2.05, 4.69) is 32.7 Å². The maximum absolute atomic E-state index is 15.9. The lowest BCUT2D eigenvalue weighted by Crippen LogP contribution is -2.45. The van der Waals surface area contributed by atoms with Gasteiger partial charge in [-0.25, -0.2) is 23.3 Å². The van der Waals surface area contributed by atoms with Crippen molar-refractivity contribution in [3.63, 3.8) is 0 Å². The topological polar surface area (TPSA) is 165 Å². The summed E-state index contributed by atoms with van der Waals surface area (Å²) in [4.78, 5) is 56.8. The number of alkyl halides is 1. The Morgan fingerprint density at radius 2 is 1.59 bits per heavy atom. The molecule has 1 saturated heterocycles. The number of anilines is 1. The highest BCUT2D eigenvalue weighted by Crippen LogP contribution is 2.50. The molecule has 14 nitrogen and oxygen atoms in total. The fourth-order valence-electron chi connectivity index (χ4n) is 4.89. The summed E-state index contributed by atoms with van der Waals surface area (Å²) in [5.41, 5.74) is -2.16. The van der Waals surface area contributed by atoms with Gasteiger partial charge < -0.3 is 18.7 Å². The number of amides is 2. The minimum absolute atomic E-state index is 0.000416. The van der Waals surface area contributed by atoms with Crippen molar-refractivity contribution >= 4 is 66.1 Å². The molecule has 6 atom stereocenters. The molecule has 0 aliphatic carbocycles. The molecule has 294 valence electrons. The Balaban J connectivity index is 1.51.